The molecule has 24 heavy (non-hydrogen) atoms. The van der Waals surface area contributed by atoms with Crippen molar-refractivity contribution in [1.82, 2.24) is 15.5 Å². The lowest BCUT2D eigenvalue weighted by Crippen LogP contribution is -2.48. The Bertz CT molecular complexity index is 481. The first-order valence-electron chi connectivity index (χ1n) is 8.66. The predicted molar refractivity (Wildman–Crippen MR) is 97.3 cm³/mol. The molecule has 6 nitrogen and oxygen atoms in total. The van der Waals surface area contributed by atoms with Gasteiger partial charge < -0.3 is 20.1 Å². The molecule has 1 aliphatic rings. The molecule has 0 aliphatic carbocycles. The van der Waals surface area contributed by atoms with Crippen LogP contribution in [0.1, 0.15) is 12.5 Å². The first-order valence-corrected chi connectivity index (χ1v) is 8.66. The first kappa shape index (κ1) is 18.7. The summed E-state index contributed by atoms with van der Waals surface area (Å²) in [6.07, 6.45) is 0. The van der Waals surface area contributed by atoms with Crippen molar-refractivity contribution in [3.05, 3.63) is 35.9 Å². The van der Waals surface area contributed by atoms with E-state index in [9.17, 15) is 0 Å². The molecule has 6 heteroatoms. The van der Waals surface area contributed by atoms with Gasteiger partial charge in [0, 0.05) is 39.3 Å². The summed E-state index contributed by atoms with van der Waals surface area (Å²) in [5.41, 5.74) is 1.20. The van der Waals surface area contributed by atoms with E-state index in [1.54, 1.807) is 7.11 Å². The van der Waals surface area contributed by atoms with Gasteiger partial charge in [0.2, 0.25) is 0 Å². The van der Waals surface area contributed by atoms with Crippen LogP contribution in [-0.2, 0) is 16.0 Å². The van der Waals surface area contributed by atoms with Crippen LogP contribution in [0.25, 0.3) is 0 Å². The molecule has 1 aromatic carbocycles. The van der Waals surface area contributed by atoms with Crippen LogP contribution in [-0.4, -0.2) is 70.0 Å². The average molecular weight is 334 g/mol. The summed E-state index contributed by atoms with van der Waals surface area (Å²) in [6.45, 7) is 8.76. The Balaban J connectivity index is 1.80. The summed E-state index contributed by atoms with van der Waals surface area (Å²) in [7, 11) is 1.70. The van der Waals surface area contributed by atoms with E-state index in [0.29, 0.717) is 19.2 Å². The predicted octanol–water partition coefficient (Wildman–Crippen LogP) is 1.09. The summed E-state index contributed by atoms with van der Waals surface area (Å²) in [4.78, 5) is 7.11. The molecule has 0 bridgehead atoms. The monoisotopic (exact) mass is 334 g/mol. The maximum absolute atomic E-state index is 5.48. The Labute approximate surface area is 145 Å². The zero-order valence-corrected chi connectivity index (χ0v) is 14.8. The molecule has 1 heterocycles. The van der Waals surface area contributed by atoms with E-state index >= 15 is 0 Å². The van der Waals surface area contributed by atoms with E-state index in [0.717, 1.165) is 45.4 Å². The number of nitrogens with one attached hydrogen (secondary N) is 2. The van der Waals surface area contributed by atoms with Crippen molar-refractivity contribution in [2.24, 2.45) is 4.99 Å². The van der Waals surface area contributed by atoms with Crippen molar-refractivity contribution in [2.45, 2.75) is 19.5 Å². The van der Waals surface area contributed by atoms with Gasteiger partial charge in [-0.05, 0) is 12.5 Å². The third-order valence-electron chi connectivity index (χ3n) is 4.06. The van der Waals surface area contributed by atoms with Gasteiger partial charge in [-0.2, -0.15) is 0 Å². The lowest BCUT2D eigenvalue weighted by atomic mass is 10.2. The molecule has 0 radical (unpaired) electrons. The highest BCUT2D eigenvalue weighted by Gasteiger charge is 2.17. The Kier molecular flexibility index (Phi) is 8.59. The molecule has 2 rings (SSSR count). The van der Waals surface area contributed by atoms with Crippen molar-refractivity contribution in [3.8, 4) is 0 Å². The summed E-state index contributed by atoms with van der Waals surface area (Å²) < 4.78 is 10.6. The molecule has 0 spiro atoms. The highest BCUT2D eigenvalue weighted by molar-refractivity contribution is 5.79. The van der Waals surface area contributed by atoms with Crippen LogP contribution in [0, 0.1) is 0 Å². The van der Waals surface area contributed by atoms with Gasteiger partial charge >= 0.3 is 0 Å². The number of methoxy groups -OCH3 is 1. The van der Waals surface area contributed by atoms with Crippen LogP contribution in [0.5, 0.6) is 0 Å². The number of nitrogens with zero attached hydrogens (tertiary/aromatic N) is 2. The van der Waals surface area contributed by atoms with E-state index in [-0.39, 0.29) is 0 Å². The number of hydrogen-bond acceptors (Lipinski definition) is 4. The second kappa shape index (κ2) is 11.0. The zero-order valence-electron chi connectivity index (χ0n) is 14.8. The lowest BCUT2D eigenvalue weighted by molar-refractivity contribution is 0.000877. The summed E-state index contributed by atoms with van der Waals surface area (Å²) in [6, 6.07) is 10.8. The number of aliphatic imine (C=N–C) groups is 1. The molecule has 0 unspecified atom stereocenters. The van der Waals surface area contributed by atoms with Crippen LogP contribution in [0.15, 0.2) is 35.3 Å². The molecule has 0 saturated carbocycles. The van der Waals surface area contributed by atoms with E-state index in [1.807, 2.05) is 18.2 Å². The fourth-order valence-electron chi connectivity index (χ4n) is 2.61. The van der Waals surface area contributed by atoms with Crippen molar-refractivity contribution in [3.63, 3.8) is 0 Å². The average Bonchev–Trinajstić information content (AvgIpc) is 2.62. The minimum absolute atomic E-state index is 0.478. The summed E-state index contributed by atoms with van der Waals surface area (Å²) in [5, 5.41) is 6.73. The van der Waals surface area contributed by atoms with E-state index in [2.05, 4.69) is 39.6 Å². The largest absolute Gasteiger partial charge is 0.383 e. The van der Waals surface area contributed by atoms with Crippen molar-refractivity contribution < 1.29 is 9.47 Å². The van der Waals surface area contributed by atoms with E-state index < -0.39 is 0 Å². The quantitative estimate of drug-likeness (QED) is 0.423. The Morgan fingerprint density at radius 2 is 2.08 bits per heavy atom. The highest BCUT2D eigenvalue weighted by atomic mass is 16.5. The molecular weight excluding hydrogens is 304 g/mol. The molecule has 1 atom stereocenters. The minimum Gasteiger partial charge on any atom is -0.383 e. The fourth-order valence-corrected chi connectivity index (χ4v) is 2.61. The van der Waals surface area contributed by atoms with Crippen LogP contribution in [0.2, 0.25) is 0 Å². The smallest absolute Gasteiger partial charge is 0.191 e. The number of ether oxygens (including phenoxy) is 2. The van der Waals surface area contributed by atoms with Crippen molar-refractivity contribution >= 4 is 5.96 Å². The SMILES string of the molecule is COCCNC(=NCc1ccccc1)NCCN1CCOC[C@H]1C. The Morgan fingerprint density at radius 1 is 1.29 bits per heavy atom. The fraction of sp³-hybridized carbons (Fsp3) is 0.611. The van der Waals surface area contributed by atoms with Crippen molar-refractivity contribution in [1.29, 1.82) is 0 Å². The number of rotatable bonds is 8. The molecule has 0 amide bonds. The van der Waals surface area contributed by atoms with E-state index in [4.69, 9.17) is 9.47 Å². The molecule has 0 aromatic heterocycles. The number of hydrogen-bond donors (Lipinski definition) is 2. The second-order valence-corrected chi connectivity index (χ2v) is 5.96. The van der Waals surface area contributed by atoms with E-state index in [1.165, 1.54) is 5.56 Å². The van der Waals surface area contributed by atoms with Gasteiger partial charge in [-0.15, -0.1) is 0 Å². The number of guanidine groups is 1. The van der Waals surface area contributed by atoms with Gasteiger partial charge in [-0.25, -0.2) is 4.99 Å². The van der Waals surface area contributed by atoms with Crippen LogP contribution in [0.4, 0.5) is 0 Å². The molecule has 134 valence electrons. The highest BCUT2D eigenvalue weighted by Crippen LogP contribution is 2.04. The summed E-state index contributed by atoms with van der Waals surface area (Å²) in [5.74, 6) is 0.830. The lowest BCUT2D eigenvalue weighted by Gasteiger charge is -2.33. The number of benzene rings is 1. The first-order chi connectivity index (χ1) is 11.8. The van der Waals surface area contributed by atoms with Gasteiger partial charge in [0.15, 0.2) is 5.96 Å². The maximum Gasteiger partial charge on any atom is 0.191 e. The maximum atomic E-state index is 5.48. The molecule has 1 saturated heterocycles. The Hall–Kier alpha value is -1.63. The van der Waals surface area contributed by atoms with Gasteiger partial charge in [0.1, 0.15) is 0 Å². The van der Waals surface area contributed by atoms with Gasteiger partial charge in [-0.3, -0.25) is 4.90 Å². The zero-order chi connectivity index (χ0) is 17.0. The van der Waals surface area contributed by atoms with Crippen LogP contribution < -0.4 is 10.6 Å². The minimum atomic E-state index is 0.478. The van der Waals surface area contributed by atoms with Crippen LogP contribution >= 0.6 is 0 Å². The molecule has 1 fully saturated rings. The molecule has 1 aromatic rings. The van der Waals surface area contributed by atoms with Gasteiger partial charge in [0.25, 0.3) is 0 Å². The second-order valence-electron chi connectivity index (χ2n) is 5.96. The van der Waals surface area contributed by atoms with Crippen LogP contribution in [0.3, 0.4) is 0 Å². The normalized spacial score (nSPS) is 19.2. The van der Waals surface area contributed by atoms with Gasteiger partial charge in [0.05, 0.1) is 26.4 Å². The van der Waals surface area contributed by atoms with Gasteiger partial charge in [-0.1, -0.05) is 30.3 Å². The Morgan fingerprint density at radius 3 is 2.83 bits per heavy atom. The summed E-state index contributed by atoms with van der Waals surface area (Å²) >= 11 is 0. The molecule has 1 aliphatic heterocycles. The number of morpholine rings is 1. The molecular formula is C18H30N4O2. The third kappa shape index (κ3) is 6.86. The topological polar surface area (TPSA) is 58.1 Å². The third-order valence-corrected chi connectivity index (χ3v) is 4.06. The standard InChI is InChI=1S/C18H30N4O2/c1-16-15-24-13-11-22(16)10-8-19-18(20-9-12-23-2)21-14-17-6-4-3-5-7-17/h3-7,16H,8-15H2,1-2H3,(H2,19,20,21)/t16-/m1/s1. The molecule has 2 N–H and O–H groups in total. The van der Waals surface area contributed by atoms with Crippen molar-refractivity contribution in [2.75, 3.05) is 53.1 Å².